The third-order valence-electron chi connectivity index (χ3n) is 2.30. The summed E-state index contributed by atoms with van der Waals surface area (Å²) >= 11 is 0. The number of hydrogen-bond acceptors (Lipinski definition) is 3. The quantitative estimate of drug-likeness (QED) is 0.736. The van der Waals surface area contributed by atoms with Crippen LogP contribution in [0.2, 0.25) is 0 Å². The van der Waals surface area contributed by atoms with E-state index in [1.807, 2.05) is 13.8 Å². The van der Waals surface area contributed by atoms with E-state index in [0.29, 0.717) is 11.2 Å². The van der Waals surface area contributed by atoms with E-state index in [9.17, 15) is 9.90 Å². The summed E-state index contributed by atoms with van der Waals surface area (Å²) < 4.78 is 0. The number of ketones is 1. The van der Waals surface area contributed by atoms with Crippen LogP contribution in [0.5, 0.6) is 5.75 Å². The van der Waals surface area contributed by atoms with Crippen molar-refractivity contribution >= 4 is 16.7 Å². The third-order valence-corrected chi connectivity index (χ3v) is 2.30. The first-order valence-electron chi connectivity index (χ1n) is 4.81. The molecule has 0 unspecified atom stereocenters. The molecule has 0 aliphatic rings. The van der Waals surface area contributed by atoms with E-state index in [4.69, 9.17) is 0 Å². The minimum Gasteiger partial charge on any atom is -0.508 e. The summed E-state index contributed by atoms with van der Waals surface area (Å²) in [5, 5.41) is 16.7. The van der Waals surface area contributed by atoms with Gasteiger partial charge in [0.15, 0.2) is 5.78 Å². The summed E-state index contributed by atoms with van der Waals surface area (Å²) in [6, 6.07) is 4.80. The molecule has 2 rings (SSSR count). The zero-order valence-electron chi connectivity index (χ0n) is 8.61. The fourth-order valence-corrected chi connectivity index (χ4v) is 1.47. The molecule has 2 aromatic rings. The zero-order valence-corrected chi connectivity index (χ0v) is 8.61. The van der Waals surface area contributed by atoms with Crippen LogP contribution >= 0.6 is 0 Å². The Hall–Kier alpha value is -1.84. The molecule has 0 spiro atoms. The zero-order chi connectivity index (χ0) is 11.0. The van der Waals surface area contributed by atoms with Gasteiger partial charge in [-0.3, -0.25) is 9.89 Å². The first kappa shape index (κ1) is 9.71. The molecule has 0 saturated carbocycles. The predicted octanol–water partition coefficient (Wildman–Crippen LogP) is 2.11. The number of aromatic amines is 1. The largest absolute Gasteiger partial charge is 0.508 e. The Morgan fingerprint density at radius 2 is 2.20 bits per heavy atom. The average molecular weight is 204 g/mol. The van der Waals surface area contributed by atoms with Crippen molar-refractivity contribution in [1.29, 1.82) is 0 Å². The average Bonchev–Trinajstić information content (AvgIpc) is 2.59. The van der Waals surface area contributed by atoms with Crippen molar-refractivity contribution in [2.24, 2.45) is 5.92 Å². The summed E-state index contributed by atoms with van der Waals surface area (Å²) in [5.74, 6) is 0.0898. The first-order valence-corrected chi connectivity index (χ1v) is 4.81. The number of carbonyl (C=O) groups excluding carboxylic acids is 1. The van der Waals surface area contributed by atoms with E-state index < -0.39 is 0 Å². The van der Waals surface area contributed by atoms with Crippen molar-refractivity contribution < 1.29 is 9.90 Å². The van der Waals surface area contributed by atoms with Gasteiger partial charge < -0.3 is 5.11 Å². The van der Waals surface area contributed by atoms with E-state index in [1.54, 1.807) is 18.2 Å². The van der Waals surface area contributed by atoms with E-state index in [1.165, 1.54) is 0 Å². The Balaban J connectivity index is 2.59. The van der Waals surface area contributed by atoms with Crippen LogP contribution in [0.15, 0.2) is 18.2 Å². The number of carbonyl (C=O) groups is 1. The molecule has 1 heterocycles. The topological polar surface area (TPSA) is 66.0 Å². The monoisotopic (exact) mass is 204 g/mol. The summed E-state index contributed by atoms with van der Waals surface area (Å²) in [4.78, 5) is 11.8. The van der Waals surface area contributed by atoms with Crippen LogP contribution in [0, 0.1) is 5.92 Å². The number of nitrogens with zero attached hydrogens (tertiary/aromatic N) is 1. The highest BCUT2D eigenvalue weighted by atomic mass is 16.3. The smallest absolute Gasteiger partial charge is 0.186 e. The highest BCUT2D eigenvalue weighted by molar-refractivity contribution is 6.06. The lowest BCUT2D eigenvalue weighted by molar-refractivity contribution is 0.0936. The normalized spacial score (nSPS) is 11.1. The molecule has 0 aliphatic heterocycles. The van der Waals surface area contributed by atoms with Crippen molar-refractivity contribution in [3.63, 3.8) is 0 Å². The number of Topliss-reactive ketones (excluding diaryl/α,β-unsaturated/α-hetero) is 1. The van der Waals surface area contributed by atoms with Crippen molar-refractivity contribution in [3.05, 3.63) is 23.9 Å². The van der Waals surface area contributed by atoms with Gasteiger partial charge in [-0.15, -0.1) is 0 Å². The molecule has 0 saturated heterocycles. The van der Waals surface area contributed by atoms with Crippen molar-refractivity contribution in [1.82, 2.24) is 10.2 Å². The minimum absolute atomic E-state index is 0.00643. The summed E-state index contributed by atoms with van der Waals surface area (Å²) in [7, 11) is 0. The molecule has 1 aromatic heterocycles. The molecular weight excluding hydrogens is 192 g/mol. The van der Waals surface area contributed by atoms with E-state index in [2.05, 4.69) is 10.2 Å². The number of fused-ring (bicyclic) bond motifs is 1. The molecule has 4 nitrogen and oxygen atoms in total. The second-order valence-electron chi connectivity index (χ2n) is 3.82. The Morgan fingerprint density at radius 1 is 1.47 bits per heavy atom. The first-order chi connectivity index (χ1) is 7.09. The Kier molecular flexibility index (Phi) is 2.19. The van der Waals surface area contributed by atoms with Gasteiger partial charge in [-0.2, -0.15) is 5.10 Å². The molecule has 0 fully saturated rings. The van der Waals surface area contributed by atoms with Crippen LogP contribution < -0.4 is 0 Å². The molecule has 0 atom stereocenters. The maximum atomic E-state index is 11.8. The van der Waals surface area contributed by atoms with Crippen molar-refractivity contribution in [3.8, 4) is 5.75 Å². The Bertz CT molecular complexity index is 514. The molecular formula is C11H12N2O2. The van der Waals surface area contributed by atoms with Crippen LogP contribution in [0.25, 0.3) is 10.9 Å². The lowest BCUT2D eigenvalue weighted by atomic mass is 10.0. The van der Waals surface area contributed by atoms with E-state index in [0.717, 1.165) is 5.39 Å². The van der Waals surface area contributed by atoms with Crippen molar-refractivity contribution in [2.75, 3.05) is 0 Å². The molecule has 15 heavy (non-hydrogen) atoms. The van der Waals surface area contributed by atoms with Gasteiger partial charge in [0.1, 0.15) is 11.4 Å². The number of phenolic OH excluding ortho intramolecular Hbond substituents is 1. The van der Waals surface area contributed by atoms with Gasteiger partial charge in [-0.1, -0.05) is 13.8 Å². The summed E-state index contributed by atoms with van der Waals surface area (Å²) in [6.07, 6.45) is 0. The highest BCUT2D eigenvalue weighted by Gasteiger charge is 2.16. The van der Waals surface area contributed by atoms with Gasteiger partial charge in [0.05, 0.1) is 5.52 Å². The number of aromatic nitrogens is 2. The second-order valence-corrected chi connectivity index (χ2v) is 3.82. The molecule has 78 valence electrons. The third kappa shape index (κ3) is 1.58. The fraction of sp³-hybridized carbons (Fsp3) is 0.273. The molecule has 4 heteroatoms. The Morgan fingerprint density at radius 3 is 2.87 bits per heavy atom. The van der Waals surface area contributed by atoms with Gasteiger partial charge in [0.25, 0.3) is 0 Å². The van der Waals surface area contributed by atoms with Gasteiger partial charge in [0, 0.05) is 17.4 Å². The number of H-pyrrole nitrogens is 1. The highest BCUT2D eigenvalue weighted by Crippen LogP contribution is 2.22. The standard InChI is InChI=1S/C11H12N2O2/c1-6(2)11(15)10-8-4-3-7(14)5-9(8)12-13-10/h3-6,14H,1-2H3,(H,12,13). The minimum atomic E-state index is -0.0784. The van der Waals surface area contributed by atoms with E-state index >= 15 is 0 Å². The lowest BCUT2D eigenvalue weighted by Crippen LogP contribution is -2.08. The van der Waals surface area contributed by atoms with Crippen LogP contribution in [0.1, 0.15) is 24.3 Å². The number of aromatic hydroxyl groups is 1. The van der Waals surface area contributed by atoms with Crippen LogP contribution in [-0.2, 0) is 0 Å². The molecule has 0 amide bonds. The molecule has 2 N–H and O–H groups in total. The number of nitrogens with one attached hydrogen (secondary N) is 1. The number of rotatable bonds is 2. The molecule has 1 aromatic carbocycles. The van der Waals surface area contributed by atoms with Crippen molar-refractivity contribution in [2.45, 2.75) is 13.8 Å². The van der Waals surface area contributed by atoms with Gasteiger partial charge in [0.2, 0.25) is 0 Å². The number of benzene rings is 1. The number of phenols is 1. The predicted molar refractivity (Wildman–Crippen MR) is 56.9 cm³/mol. The van der Waals surface area contributed by atoms with Gasteiger partial charge >= 0.3 is 0 Å². The maximum absolute atomic E-state index is 11.8. The summed E-state index contributed by atoms with van der Waals surface area (Å²) in [5.41, 5.74) is 1.12. The second kappa shape index (κ2) is 3.38. The van der Waals surface area contributed by atoms with Gasteiger partial charge in [-0.25, -0.2) is 0 Å². The van der Waals surface area contributed by atoms with Crippen LogP contribution in [0.3, 0.4) is 0 Å². The maximum Gasteiger partial charge on any atom is 0.186 e. The SMILES string of the molecule is CC(C)C(=O)c1n[nH]c2cc(O)ccc12. The lowest BCUT2D eigenvalue weighted by Gasteiger charge is -2.00. The summed E-state index contributed by atoms with van der Waals surface area (Å²) in [6.45, 7) is 3.67. The fourth-order valence-electron chi connectivity index (χ4n) is 1.47. The van der Waals surface area contributed by atoms with Gasteiger partial charge in [-0.05, 0) is 12.1 Å². The molecule has 0 aliphatic carbocycles. The van der Waals surface area contributed by atoms with Crippen LogP contribution in [0.4, 0.5) is 0 Å². The van der Waals surface area contributed by atoms with E-state index in [-0.39, 0.29) is 17.5 Å². The Labute approximate surface area is 86.9 Å². The van der Waals surface area contributed by atoms with Crippen LogP contribution in [-0.4, -0.2) is 21.1 Å². The molecule has 0 radical (unpaired) electrons. The number of hydrogen-bond donors (Lipinski definition) is 2. The molecule has 0 bridgehead atoms.